The van der Waals surface area contributed by atoms with E-state index in [1.54, 1.807) is 6.07 Å². The first-order valence-electron chi connectivity index (χ1n) is 6.11. The molecule has 0 unspecified atom stereocenters. The third-order valence-corrected chi connectivity index (χ3v) is 3.24. The molecule has 3 heteroatoms. The van der Waals surface area contributed by atoms with Crippen LogP contribution in [-0.2, 0) is 6.54 Å². The molecule has 0 amide bonds. The Bertz CT molecular complexity index is 363. The van der Waals surface area contributed by atoms with Gasteiger partial charge >= 0.3 is 0 Å². The van der Waals surface area contributed by atoms with Crippen molar-refractivity contribution >= 4 is 15.9 Å². The van der Waals surface area contributed by atoms with Gasteiger partial charge < -0.3 is 5.11 Å². The molecule has 0 bridgehead atoms. The van der Waals surface area contributed by atoms with Crippen molar-refractivity contribution in [1.82, 2.24) is 4.90 Å². The summed E-state index contributed by atoms with van der Waals surface area (Å²) in [7, 11) is 0. The molecule has 96 valence electrons. The van der Waals surface area contributed by atoms with Crippen molar-refractivity contribution in [1.29, 1.82) is 0 Å². The van der Waals surface area contributed by atoms with E-state index in [1.165, 1.54) is 0 Å². The minimum Gasteiger partial charge on any atom is -0.508 e. The molecular formula is C14H22BrNO. The van der Waals surface area contributed by atoms with Crippen LogP contribution in [0.15, 0.2) is 22.7 Å². The van der Waals surface area contributed by atoms with Crippen molar-refractivity contribution < 1.29 is 5.11 Å². The molecule has 1 N–H and O–H groups in total. The molecule has 2 nitrogen and oxygen atoms in total. The van der Waals surface area contributed by atoms with Crippen LogP contribution in [0.2, 0.25) is 0 Å². The summed E-state index contributed by atoms with van der Waals surface area (Å²) in [5, 5.41) is 9.85. The highest BCUT2D eigenvalue weighted by molar-refractivity contribution is 9.10. The molecule has 1 aromatic carbocycles. The average molecular weight is 300 g/mol. The molecule has 0 fully saturated rings. The number of aromatic hydroxyl groups is 1. The maximum Gasteiger partial charge on any atom is 0.120 e. The molecule has 0 saturated carbocycles. The lowest BCUT2D eigenvalue weighted by atomic mass is 10.1. The fourth-order valence-electron chi connectivity index (χ4n) is 1.83. The van der Waals surface area contributed by atoms with Gasteiger partial charge in [0.1, 0.15) is 5.75 Å². The molecule has 17 heavy (non-hydrogen) atoms. The largest absolute Gasteiger partial charge is 0.508 e. The predicted octanol–water partition coefficient (Wildman–Crippen LogP) is 4.02. The van der Waals surface area contributed by atoms with Gasteiger partial charge in [-0.05, 0) is 38.0 Å². The van der Waals surface area contributed by atoms with Gasteiger partial charge in [-0.15, -0.1) is 0 Å². The zero-order valence-corrected chi connectivity index (χ0v) is 12.7. The van der Waals surface area contributed by atoms with Gasteiger partial charge in [0, 0.05) is 29.2 Å². The first kappa shape index (κ1) is 14.5. The predicted molar refractivity (Wildman–Crippen MR) is 76.2 cm³/mol. The van der Waals surface area contributed by atoms with Crippen molar-refractivity contribution in [3.8, 4) is 5.75 Å². The van der Waals surface area contributed by atoms with Crippen LogP contribution in [0, 0.1) is 5.92 Å². The van der Waals surface area contributed by atoms with Crippen molar-refractivity contribution in [2.24, 2.45) is 5.92 Å². The van der Waals surface area contributed by atoms with Gasteiger partial charge in [0.25, 0.3) is 0 Å². The normalized spacial score (nSPS) is 11.8. The Morgan fingerprint density at radius 2 is 1.88 bits per heavy atom. The van der Waals surface area contributed by atoms with E-state index < -0.39 is 0 Å². The summed E-state index contributed by atoms with van der Waals surface area (Å²) in [5.74, 6) is 1.01. The SMILES string of the molecule is CC(C)CN(Cc1cc(Br)ccc1O)C(C)C. The average Bonchev–Trinajstić information content (AvgIpc) is 2.21. The molecule has 0 aliphatic rings. The Morgan fingerprint density at radius 1 is 1.24 bits per heavy atom. The summed E-state index contributed by atoms with van der Waals surface area (Å²) in [6.45, 7) is 10.7. The smallest absolute Gasteiger partial charge is 0.120 e. The van der Waals surface area contributed by atoms with E-state index in [9.17, 15) is 5.11 Å². The minimum atomic E-state index is 0.377. The van der Waals surface area contributed by atoms with E-state index in [2.05, 4.69) is 48.5 Å². The fraction of sp³-hybridized carbons (Fsp3) is 0.571. The minimum absolute atomic E-state index is 0.377. The fourth-order valence-corrected chi connectivity index (χ4v) is 2.23. The molecule has 1 aromatic rings. The number of benzene rings is 1. The molecule has 0 atom stereocenters. The number of rotatable bonds is 5. The molecule has 0 spiro atoms. The number of halogens is 1. The highest BCUT2D eigenvalue weighted by Crippen LogP contribution is 2.24. The highest BCUT2D eigenvalue weighted by atomic mass is 79.9. The Kier molecular flexibility index (Phi) is 5.47. The van der Waals surface area contributed by atoms with Crippen molar-refractivity contribution in [2.75, 3.05) is 6.54 Å². The van der Waals surface area contributed by atoms with Crippen LogP contribution in [0.1, 0.15) is 33.3 Å². The van der Waals surface area contributed by atoms with Gasteiger partial charge in [-0.25, -0.2) is 0 Å². The van der Waals surface area contributed by atoms with Crippen LogP contribution in [0.25, 0.3) is 0 Å². The number of nitrogens with zero attached hydrogens (tertiary/aromatic N) is 1. The molecule has 0 aliphatic heterocycles. The second-order valence-corrected chi connectivity index (χ2v) is 6.11. The lowest BCUT2D eigenvalue weighted by Gasteiger charge is -2.28. The maximum atomic E-state index is 9.85. The summed E-state index contributed by atoms with van der Waals surface area (Å²) in [6, 6.07) is 6.08. The van der Waals surface area contributed by atoms with Gasteiger partial charge in [-0.2, -0.15) is 0 Å². The lowest BCUT2D eigenvalue weighted by Crippen LogP contribution is -2.33. The molecule has 1 rings (SSSR count). The molecule has 0 heterocycles. The standard InChI is InChI=1S/C14H22BrNO/c1-10(2)8-16(11(3)4)9-12-7-13(15)5-6-14(12)17/h5-7,10-11,17H,8-9H2,1-4H3. The van der Waals surface area contributed by atoms with Crippen LogP contribution in [0.3, 0.4) is 0 Å². The van der Waals surface area contributed by atoms with E-state index >= 15 is 0 Å². The van der Waals surface area contributed by atoms with E-state index in [1.807, 2.05) is 12.1 Å². The third kappa shape index (κ3) is 4.68. The second-order valence-electron chi connectivity index (χ2n) is 5.19. The zero-order chi connectivity index (χ0) is 13.0. The Labute approximate surface area is 113 Å². The Balaban J connectivity index is 2.81. The maximum absolute atomic E-state index is 9.85. The first-order valence-corrected chi connectivity index (χ1v) is 6.91. The van der Waals surface area contributed by atoms with Crippen LogP contribution in [-0.4, -0.2) is 22.6 Å². The molecular weight excluding hydrogens is 278 g/mol. The summed E-state index contributed by atoms with van der Waals surface area (Å²) in [5.41, 5.74) is 0.980. The number of hydrogen-bond donors (Lipinski definition) is 1. The first-order chi connectivity index (χ1) is 7.90. The quantitative estimate of drug-likeness (QED) is 0.887. The summed E-state index contributed by atoms with van der Waals surface area (Å²) < 4.78 is 1.01. The third-order valence-electron chi connectivity index (χ3n) is 2.74. The molecule has 0 aliphatic carbocycles. The van der Waals surface area contributed by atoms with Crippen molar-refractivity contribution in [3.05, 3.63) is 28.2 Å². The second kappa shape index (κ2) is 6.41. The van der Waals surface area contributed by atoms with Gasteiger partial charge in [0.2, 0.25) is 0 Å². The molecule has 0 saturated heterocycles. The van der Waals surface area contributed by atoms with E-state index in [-0.39, 0.29) is 0 Å². The Hall–Kier alpha value is -0.540. The number of hydrogen-bond acceptors (Lipinski definition) is 2. The molecule has 0 radical (unpaired) electrons. The van der Waals surface area contributed by atoms with Crippen LogP contribution in [0.5, 0.6) is 5.75 Å². The van der Waals surface area contributed by atoms with E-state index in [4.69, 9.17) is 0 Å². The van der Waals surface area contributed by atoms with Crippen molar-refractivity contribution in [3.63, 3.8) is 0 Å². The van der Waals surface area contributed by atoms with Gasteiger partial charge in [0.15, 0.2) is 0 Å². The van der Waals surface area contributed by atoms with Gasteiger partial charge in [-0.3, -0.25) is 4.90 Å². The van der Waals surface area contributed by atoms with Crippen LogP contribution >= 0.6 is 15.9 Å². The topological polar surface area (TPSA) is 23.5 Å². The summed E-state index contributed by atoms with van der Waals surface area (Å²) in [6.07, 6.45) is 0. The van der Waals surface area contributed by atoms with E-state index in [0.29, 0.717) is 17.7 Å². The lowest BCUT2D eigenvalue weighted by molar-refractivity contribution is 0.187. The molecule has 0 aromatic heterocycles. The number of phenols is 1. The van der Waals surface area contributed by atoms with Crippen LogP contribution < -0.4 is 0 Å². The summed E-state index contributed by atoms with van der Waals surface area (Å²) >= 11 is 3.44. The number of phenolic OH excluding ortho intramolecular Hbond substituents is 1. The zero-order valence-electron chi connectivity index (χ0n) is 11.1. The van der Waals surface area contributed by atoms with Gasteiger partial charge in [0.05, 0.1) is 0 Å². The summed E-state index contributed by atoms with van der Waals surface area (Å²) in [4.78, 5) is 2.38. The van der Waals surface area contributed by atoms with Gasteiger partial charge in [-0.1, -0.05) is 29.8 Å². The highest BCUT2D eigenvalue weighted by Gasteiger charge is 2.14. The monoisotopic (exact) mass is 299 g/mol. The van der Waals surface area contributed by atoms with E-state index in [0.717, 1.165) is 23.1 Å². The Morgan fingerprint density at radius 3 is 2.41 bits per heavy atom. The van der Waals surface area contributed by atoms with Crippen molar-refractivity contribution in [2.45, 2.75) is 40.3 Å². The van der Waals surface area contributed by atoms with Crippen LogP contribution in [0.4, 0.5) is 0 Å².